The first-order valence-electron chi connectivity index (χ1n) is 4.36. The van der Waals surface area contributed by atoms with Crippen LogP contribution >= 0.6 is 0 Å². The van der Waals surface area contributed by atoms with E-state index in [-0.39, 0.29) is 5.70 Å². The van der Waals surface area contributed by atoms with Crippen LogP contribution in [-0.2, 0) is 0 Å². The van der Waals surface area contributed by atoms with Gasteiger partial charge in [0, 0.05) is 11.8 Å². The first kappa shape index (κ1) is 12.5. The molecular formula is C10H11F3N2O. The lowest BCUT2D eigenvalue weighted by Crippen LogP contribution is -2.28. The molecule has 1 rings (SSSR count). The van der Waals surface area contributed by atoms with Crippen LogP contribution in [0.2, 0.25) is 0 Å². The van der Waals surface area contributed by atoms with Crippen LogP contribution in [0.1, 0.15) is 0 Å². The molecule has 0 aliphatic carbocycles. The van der Waals surface area contributed by atoms with Gasteiger partial charge in [-0.3, -0.25) is 5.01 Å². The number of hydrazine groups is 1. The van der Waals surface area contributed by atoms with Crippen molar-refractivity contribution in [2.45, 2.75) is 6.18 Å². The normalized spacial score (nSPS) is 18.9. The summed E-state index contributed by atoms with van der Waals surface area (Å²) in [6.07, 6.45) is 0.688. The van der Waals surface area contributed by atoms with Gasteiger partial charge in [-0.15, -0.1) is 0 Å². The first-order valence-corrected chi connectivity index (χ1v) is 4.36. The molecule has 0 amide bonds. The zero-order valence-corrected chi connectivity index (χ0v) is 8.33. The van der Waals surface area contributed by atoms with Crippen LogP contribution in [0.15, 0.2) is 47.9 Å². The molecule has 0 atom stereocenters. The van der Waals surface area contributed by atoms with Crippen molar-refractivity contribution in [3.63, 3.8) is 0 Å². The molecular weight excluding hydrogens is 221 g/mol. The van der Waals surface area contributed by atoms with Gasteiger partial charge >= 0.3 is 6.18 Å². The summed E-state index contributed by atoms with van der Waals surface area (Å²) in [5, 5.41) is 9.96. The number of nitrogens with two attached hydrogens (primary N) is 1. The van der Waals surface area contributed by atoms with E-state index in [1.54, 1.807) is 0 Å². The quantitative estimate of drug-likeness (QED) is 0.711. The summed E-state index contributed by atoms with van der Waals surface area (Å²) in [5.74, 6) is 5.45. The number of hydrogen-bond acceptors (Lipinski definition) is 3. The fourth-order valence-corrected chi connectivity index (χ4v) is 1.13. The molecule has 0 radical (unpaired) electrons. The minimum absolute atomic E-state index is 0.0762. The topological polar surface area (TPSA) is 49.5 Å². The Kier molecular flexibility index (Phi) is 3.56. The van der Waals surface area contributed by atoms with Gasteiger partial charge in [0.15, 0.2) is 0 Å². The number of allylic oxidation sites excluding steroid dienone is 4. The van der Waals surface area contributed by atoms with Gasteiger partial charge in [-0.1, -0.05) is 12.7 Å². The molecule has 3 N–H and O–H groups in total. The molecule has 0 unspecified atom stereocenters. The lowest BCUT2D eigenvalue weighted by atomic mass is 10.1. The highest BCUT2D eigenvalue weighted by atomic mass is 19.4. The van der Waals surface area contributed by atoms with Crippen molar-refractivity contribution < 1.29 is 18.3 Å². The van der Waals surface area contributed by atoms with Gasteiger partial charge in [0.05, 0.1) is 17.9 Å². The van der Waals surface area contributed by atoms with Gasteiger partial charge in [-0.25, -0.2) is 5.84 Å². The van der Waals surface area contributed by atoms with Gasteiger partial charge in [0.1, 0.15) is 0 Å². The lowest BCUT2D eigenvalue weighted by Gasteiger charge is -2.23. The van der Waals surface area contributed by atoms with Gasteiger partial charge in [-0.05, 0) is 12.2 Å². The number of nitrogens with zero attached hydrogens (tertiary/aromatic N) is 1. The van der Waals surface area contributed by atoms with E-state index < -0.39 is 18.4 Å². The van der Waals surface area contributed by atoms with Crippen molar-refractivity contribution in [2.75, 3.05) is 6.61 Å². The van der Waals surface area contributed by atoms with Crippen molar-refractivity contribution in [3.05, 3.63) is 47.9 Å². The third kappa shape index (κ3) is 2.74. The van der Waals surface area contributed by atoms with Crippen LogP contribution in [0.25, 0.3) is 0 Å². The predicted molar refractivity (Wildman–Crippen MR) is 53.6 cm³/mol. The Bertz CT molecular complexity index is 380. The summed E-state index contributed by atoms with van der Waals surface area (Å²) in [4.78, 5) is 0. The van der Waals surface area contributed by atoms with Crippen molar-refractivity contribution in [2.24, 2.45) is 5.84 Å². The number of aliphatic hydroxyl groups excluding tert-OH is 1. The predicted octanol–water partition coefficient (Wildman–Crippen LogP) is 1.61. The van der Waals surface area contributed by atoms with E-state index in [0.29, 0.717) is 5.57 Å². The summed E-state index contributed by atoms with van der Waals surface area (Å²) in [7, 11) is 0. The second-order valence-electron chi connectivity index (χ2n) is 3.15. The summed E-state index contributed by atoms with van der Waals surface area (Å²) >= 11 is 0. The largest absolute Gasteiger partial charge is 0.415 e. The molecule has 16 heavy (non-hydrogen) atoms. The van der Waals surface area contributed by atoms with Gasteiger partial charge in [0.25, 0.3) is 0 Å². The summed E-state index contributed by atoms with van der Waals surface area (Å²) in [6, 6.07) is 0. The fourth-order valence-electron chi connectivity index (χ4n) is 1.13. The first-order chi connectivity index (χ1) is 7.36. The van der Waals surface area contributed by atoms with Crippen molar-refractivity contribution >= 4 is 0 Å². The van der Waals surface area contributed by atoms with Crippen LogP contribution in [-0.4, -0.2) is 22.9 Å². The average molecular weight is 232 g/mol. The van der Waals surface area contributed by atoms with E-state index in [1.807, 2.05) is 0 Å². The van der Waals surface area contributed by atoms with Gasteiger partial charge < -0.3 is 5.11 Å². The van der Waals surface area contributed by atoms with E-state index in [1.165, 1.54) is 18.4 Å². The maximum Gasteiger partial charge on any atom is 0.415 e. The van der Waals surface area contributed by atoms with Crippen molar-refractivity contribution in [1.29, 1.82) is 0 Å². The molecule has 0 spiro atoms. The van der Waals surface area contributed by atoms with Gasteiger partial charge in [-0.2, -0.15) is 13.2 Å². The average Bonchev–Trinajstić information content (AvgIpc) is 2.19. The third-order valence-electron chi connectivity index (χ3n) is 2.00. The Morgan fingerprint density at radius 1 is 1.56 bits per heavy atom. The molecule has 88 valence electrons. The molecule has 0 saturated carbocycles. The summed E-state index contributed by atoms with van der Waals surface area (Å²) < 4.78 is 36.8. The van der Waals surface area contributed by atoms with E-state index in [0.717, 1.165) is 11.1 Å². The Balaban J connectivity index is 3.02. The third-order valence-corrected chi connectivity index (χ3v) is 2.00. The van der Waals surface area contributed by atoms with Crippen molar-refractivity contribution in [1.82, 2.24) is 5.01 Å². The molecule has 0 aromatic carbocycles. The highest BCUT2D eigenvalue weighted by Crippen LogP contribution is 2.28. The van der Waals surface area contributed by atoms with Crippen LogP contribution in [0.5, 0.6) is 0 Å². The maximum absolute atomic E-state index is 12.3. The molecule has 0 fully saturated rings. The Labute approximate surface area is 90.6 Å². The number of rotatable bonds is 2. The molecule has 1 aliphatic heterocycles. The van der Waals surface area contributed by atoms with Crippen LogP contribution < -0.4 is 5.84 Å². The van der Waals surface area contributed by atoms with Crippen LogP contribution in [0.3, 0.4) is 0 Å². The maximum atomic E-state index is 12.3. The molecule has 0 aromatic heterocycles. The van der Waals surface area contributed by atoms with Crippen LogP contribution in [0, 0.1) is 0 Å². The van der Waals surface area contributed by atoms with E-state index in [9.17, 15) is 13.2 Å². The highest BCUT2D eigenvalue weighted by molar-refractivity contribution is 5.41. The SMILES string of the molecule is C=C(/C=C1/C(CO)=CC=CN1N)C(F)(F)F. The number of alkyl halides is 3. The minimum Gasteiger partial charge on any atom is -0.392 e. The second kappa shape index (κ2) is 4.54. The van der Waals surface area contributed by atoms with Crippen LogP contribution in [0.4, 0.5) is 13.2 Å². The number of halogens is 3. The zero-order valence-electron chi connectivity index (χ0n) is 8.33. The Morgan fingerprint density at radius 3 is 2.69 bits per heavy atom. The molecule has 0 bridgehead atoms. The smallest absolute Gasteiger partial charge is 0.392 e. The molecule has 6 heteroatoms. The molecule has 1 heterocycles. The fraction of sp³-hybridized carbons (Fsp3) is 0.200. The Hall–Kier alpha value is -1.53. The number of hydrogen-bond donors (Lipinski definition) is 2. The van der Waals surface area contributed by atoms with E-state index in [4.69, 9.17) is 10.9 Å². The summed E-state index contributed by atoms with van der Waals surface area (Å²) in [5.41, 5.74) is -0.643. The highest BCUT2D eigenvalue weighted by Gasteiger charge is 2.31. The second-order valence-corrected chi connectivity index (χ2v) is 3.15. The van der Waals surface area contributed by atoms with Gasteiger partial charge in [0.2, 0.25) is 0 Å². The van der Waals surface area contributed by atoms with E-state index >= 15 is 0 Å². The molecule has 0 saturated heterocycles. The number of aliphatic hydroxyl groups is 1. The monoisotopic (exact) mass is 232 g/mol. The molecule has 0 aromatic rings. The lowest BCUT2D eigenvalue weighted by molar-refractivity contribution is -0.0879. The molecule has 1 aliphatic rings. The zero-order chi connectivity index (χ0) is 12.3. The Morgan fingerprint density at radius 2 is 2.19 bits per heavy atom. The standard InChI is InChI=1S/C10H11F3N2O/c1-7(10(11,12)13)5-9-8(6-16)3-2-4-15(9)14/h2-5,16H,1,6,14H2/b9-5-. The minimum atomic E-state index is -4.50. The van der Waals surface area contributed by atoms with E-state index in [2.05, 4.69) is 6.58 Å². The summed E-state index contributed by atoms with van der Waals surface area (Å²) in [6.45, 7) is 2.51. The molecule has 3 nitrogen and oxygen atoms in total. The van der Waals surface area contributed by atoms with Crippen molar-refractivity contribution in [3.8, 4) is 0 Å².